The van der Waals surface area contributed by atoms with Crippen LogP contribution in [0.1, 0.15) is 25.3 Å². The maximum absolute atomic E-state index is 13.2. The number of hydrogen-bond acceptors (Lipinski definition) is 8. The molecule has 3 amide bonds. The molecule has 2 aromatic rings. The number of thiol groups is 1. The van der Waals surface area contributed by atoms with Gasteiger partial charge in [-0.05, 0) is 25.0 Å². The van der Waals surface area contributed by atoms with Crippen LogP contribution in [0, 0.1) is 0 Å². The maximum atomic E-state index is 13.2. The summed E-state index contributed by atoms with van der Waals surface area (Å²) in [6, 6.07) is 1.96. The fourth-order valence-electron chi connectivity index (χ4n) is 3.53. The van der Waals surface area contributed by atoms with Crippen molar-refractivity contribution in [3.05, 3.63) is 36.0 Å². The third-order valence-corrected chi connectivity index (χ3v) is 5.96. The van der Waals surface area contributed by atoms with E-state index in [1.165, 1.54) is 6.92 Å². The lowest BCUT2D eigenvalue weighted by molar-refractivity contribution is -0.145. The Labute approximate surface area is 217 Å². The molecule has 0 saturated heterocycles. The van der Waals surface area contributed by atoms with Gasteiger partial charge in [-0.15, -0.1) is 0 Å². The molecule has 14 heteroatoms. The topological polar surface area (TPSA) is 224 Å². The van der Waals surface area contributed by atoms with Crippen LogP contribution in [0.5, 0.6) is 0 Å². The first-order valence-electron chi connectivity index (χ1n) is 11.4. The second kappa shape index (κ2) is 13.6. The van der Waals surface area contributed by atoms with Gasteiger partial charge in [-0.2, -0.15) is 12.6 Å². The van der Waals surface area contributed by atoms with Gasteiger partial charge in [0.15, 0.2) is 6.04 Å². The van der Waals surface area contributed by atoms with Crippen LogP contribution in [0.4, 0.5) is 0 Å². The van der Waals surface area contributed by atoms with Crippen LogP contribution < -0.4 is 21.7 Å². The number of hydrogen-bond donors (Lipinski definition) is 9. The largest absolute Gasteiger partial charge is 0.481 e. The van der Waals surface area contributed by atoms with Crippen molar-refractivity contribution in [3.8, 4) is 0 Å². The quantitative estimate of drug-likeness (QED) is 0.131. The molecule has 2 rings (SSSR count). The smallest absolute Gasteiger partial charge is 0.328 e. The average molecular weight is 538 g/mol. The fraction of sp³-hybridized carbons (Fsp3) is 0.435. The van der Waals surface area contributed by atoms with Gasteiger partial charge in [-0.3, -0.25) is 19.2 Å². The molecule has 9 N–H and O–H groups in total. The lowest BCUT2D eigenvalue weighted by Crippen LogP contribution is -2.59. The van der Waals surface area contributed by atoms with Gasteiger partial charge in [-0.1, -0.05) is 18.2 Å². The highest BCUT2D eigenvalue weighted by atomic mass is 32.1. The number of aliphatic hydroxyl groups excluding tert-OH is 1. The fourth-order valence-corrected chi connectivity index (χ4v) is 3.78. The lowest BCUT2D eigenvalue weighted by Gasteiger charge is -2.25. The summed E-state index contributed by atoms with van der Waals surface area (Å²) < 4.78 is 0. The number of carboxylic acid groups (broad SMARTS) is 2. The van der Waals surface area contributed by atoms with Crippen LogP contribution >= 0.6 is 12.6 Å². The number of H-pyrrole nitrogens is 1. The first-order chi connectivity index (χ1) is 17.4. The molecule has 13 nitrogen and oxygen atoms in total. The third kappa shape index (κ3) is 8.48. The van der Waals surface area contributed by atoms with Crippen molar-refractivity contribution in [3.63, 3.8) is 0 Å². The Morgan fingerprint density at radius 1 is 1.00 bits per heavy atom. The van der Waals surface area contributed by atoms with Crippen LogP contribution in [0.2, 0.25) is 0 Å². The highest BCUT2D eigenvalue weighted by Gasteiger charge is 2.31. The van der Waals surface area contributed by atoms with Gasteiger partial charge in [0.05, 0.1) is 12.1 Å². The van der Waals surface area contributed by atoms with Crippen molar-refractivity contribution < 1.29 is 39.3 Å². The van der Waals surface area contributed by atoms with Crippen molar-refractivity contribution >= 4 is 53.2 Å². The summed E-state index contributed by atoms with van der Waals surface area (Å²) in [5, 5.41) is 35.6. The molecule has 0 radical (unpaired) electrons. The first-order valence-corrected chi connectivity index (χ1v) is 12.0. The van der Waals surface area contributed by atoms with Crippen molar-refractivity contribution in [2.45, 2.75) is 56.5 Å². The molecule has 1 aromatic carbocycles. The number of carbonyl (C=O) groups excluding carboxylic acids is 3. The van der Waals surface area contributed by atoms with E-state index in [1.807, 2.05) is 18.2 Å². The van der Waals surface area contributed by atoms with Crippen molar-refractivity contribution in [2.75, 3.05) is 5.75 Å². The van der Waals surface area contributed by atoms with Crippen LogP contribution in [0.3, 0.4) is 0 Å². The van der Waals surface area contributed by atoms with Gasteiger partial charge < -0.3 is 42.0 Å². The molecule has 0 aliphatic carbocycles. The molecule has 1 heterocycles. The average Bonchev–Trinajstić information content (AvgIpc) is 3.25. The Morgan fingerprint density at radius 3 is 2.22 bits per heavy atom. The third-order valence-electron chi connectivity index (χ3n) is 5.60. The molecule has 0 aliphatic rings. The van der Waals surface area contributed by atoms with E-state index < -0.39 is 59.9 Å². The van der Waals surface area contributed by atoms with Gasteiger partial charge in [0.1, 0.15) is 12.1 Å². The van der Waals surface area contributed by atoms with E-state index >= 15 is 0 Å². The molecule has 0 spiro atoms. The molecule has 202 valence electrons. The monoisotopic (exact) mass is 537 g/mol. The summed E-state index contributed by atoms with van der Waals surface area (Å²) in [5.74, 6) is -5.24. The Kier molecular flexibility index (Phi) is 10.9. The number of carbonyl (C=O) groups is 5. The molecule has 5 atom stereocenters. The van der Waals surface area contributed by atoms with Crippen LogP contribution in [0.15, 0.2) is 30.5 Å². The normalized spacial score (nSPS) is 15.1. The van der Waals surface area contributed by atoms with Gasteiger partial charge in [0.2, 0.25) is 17.7 Å². The molecule has 5 unspecified atom stereocenters. The zero-order valence-electron chi connectivity index (χ0n) is 20.0. The number of aliphatic carboxylic acids is 2. The van der Waals surface area contributed by atoms with Crippen LogP contribution in [-0.2, 0) is 30.4 Å². The Bertz CT molecular complexity index is 1140. The second-order valence-corrected chi connectivity index (χ2v) is 8.84. The Morgan fingerprint density at radius 2 is 1.62 bits per heavy atom. The number of para-hydroxylation sites is 1. The number of carboxylic acids is 2. The molecule has 1 aromatic heterocycles. The predicted molar refractivity (Wildman–Crippen MR) is 136 cm³/mol. The minimum atomic E-state index is -1.61. The van der Waals surface area contributed by atoms with Gasteiger partial charge in [-0.25, -0.2) is 4.79 Å². The summed E-state index contributed by atoms with van der Waals surface area (Å²) in [7, 11) is 0. The number of aromatic amines is 1. The summed E-state index contributed by atoms with van der Waals surface area (Å²) in [4.78, 5) is 63.6. The van der Waals surface area contributed by atoms with E-state index in [9.17, 15) is 34.2 Å². The standard InChI is InChI=1S/C23H31N5O8S/c1-11(29)19(23(35)36)28-22(34)17(10-37)27-21(33)16(26-20(32)14(24)6-7-18(30)31)8-12-9-25-15-5-3-2-4-13(12)15/h2-5,9,11,14,16-17,19,25,29,37H,6-8,10,24H2,1H3,(H,26,32)(H,27,33)(H,28,34)(H,30,31)(H,35,36). The highest BCUT2D eigenvalue weighted by molar-refractivity contribution is 7.80. The van der Waals surface area contributed by atoms with E-state index in [2.05, 4.69) is 33.6 Å². The van der Waals surface area contributed by atoms with Crippen molar-refractivity contribution in [1.82, 2.24) is 20.9 Å². The van der Waals surface area contributed by atoms with Gasteiger partial charge in [0.25, 0.3) is 0 Å². The lowest BCUT2D eigenvalue weighted by atomic mass is 10.0. The van der Waals surface area contributed by atoms with E-state index in [4.69, 9.17) is 10.8 Å². The van der Waals surface area contributed by atoms with Crippen molar-refractivity contribution in [2.24, 2.45) is 5.73 Å². The van der Waals surface area contributed by atoms with Gasteiger partial charge in [0, 0.05) is 35.7 Å². The number of fused-ring (bicyclic) bond motifs is 1. The molecular formula is C23H31N5O8S. The molecule has 0 fully saturated rings. The molecule has 0 aliphatic heterocycles. The number of rotatable bonds is 14. The molecular weight excluding hydrogens is 506 g/mol. The zero-order valence-corrected chi connectivity index (χ0v) is 20.9. The summed E-state index contributed by atoms with van der Waals surface area (Å²) in [5.41, 5.74) is 7.28. The maximum Gasteiger partial charge on any atom is 0.328 e. The number of benzene rings is 1. The summed E-state index contributed by atoms with van der Waals surface area (Å²) >= 11 is 4.06. The van der Waals surface area contributed by atoms with Gasteiger partial charge >= 0.3 is 11.9 Å². The minimum absolute atomic E-state index is 0.000424. The molecule has 37 heavy (non-hydrogen) atoms. The van der Waals surface area contributed by atoms with Crippen LogP contribution in [0.25, 0.3) is 10.9 Å². The second-order valence-electron chi connectivity index (χ2n) is 8.47. The SMILES string of the molecule is CC(O)C(NC(=O)C(CS)NC(=O)C(Cc1c[nH]c2ccccc12)NC(=O)C(N)CCC(=O)O)C(=O)O. The summed E-state index contributed by atoms with van der Waals surface area (Å²) in [6.45, 7) is 1.19. The Balaban J connectivity index is 2.23. The zero-order chi connectivity index (χ0) is 27.7. The number of nitrogens with two attached hydrogens (primary N) is 1. The Hall–Kier alpha value is -3.62. The predicted octanol–water partition coefficient (Wildman–Crippen LogP) is -1.25. The minimum Gasteiger partial charge on any atom is -0.481 e. The van der Waals surface area contributed by atoms with E-state index in [0.29, 0.717) is 5.56 Å². The number of aromatic nitrogens is 1. The van der Waals surface area contributed by atoms with Crippen molar-refractivity contribution in [1.29, 1.82) is 0 Å². The van der Waals surface area contributed by atoms with Crippen LogP contribution in [-0.4, -0.2) is 86.0 Å². The molecule has 0 bridgehead atoms. The highest BCUT2D eigenvalue weighted by Crippen LogP contribution is 2.19. The summed E-state index contributed by atoms with van der Waals surface area (Å²) in [6.07, 6.45) is -0.229. The molecule has 0 saturated carbocycles. The number of aliphatic hydroxyl groups is 1. The van der Waals surface area contributed by atoms with E-state index in [1.54, 1.807) is 12.3 Å². The number of amides is 3. The van der Waals surface area contributed by atoms with E-state index in [0.717, 1.165) is 10.9 Å². The van der Waals surface area contributed by atoms with E-state index in [-0.39, 0.29) is 25.0 Å². The first kappa shape index (κ1) is 29.6. The number of nitrogens with one attached hydrogen (secondary N) is 4.